The summed E-state index contributed by atoms with van der Waals surface area (Å²) in [5.74, 6) is 0.499. The number of hydrogen-bond acceptors (Lipinski definition) is 3. The molecule has 1 amide bonds. The molecule has 1 N–H and O–H groups in total. The number of carbonyl (C=O) groups is 2. The fourth-order valence-electron chi connectivity index (χ4n) is 5.08. The van der Waals surface area contributed by atoms with E-state index in [1.165, 1.54) is 31.3 Å². The number of esters is 1. The molecule has 3 aliphatic carbocycles. The van der Waals surface area contributed by atoms with E-state index in [0.717, 1.165) is 64.2 Å². The average Bonchev–Trinajstić information content (AvgIpc) is 2.76. The third kappa shape index (κ3) is 6.72. The largest absolute Gasteiger partial charge is 0.462 e. The van der Waals surface area contributed by atoms with Gasteiger partial charge in [0.1, 0.15) is 6.10 Å². The molecule has 0 radical (unpaired) electrons. The van der Waals surface area contributed by atoms with E-state index in [0.29, 0.717) is 0 Å². The summed E-state index contributed by atoms with van der Waals surface area (Å²) in [6, 6.07) is 0.0792. The van der Waals surface area contributed by atoms with E-state index in [1.807, 2.05) is 0 Å². The van der Waals surface area contributed by atoms with Gasteiger partial charge in [0.25, 0.3) is 0 Å². The van der Waals surface area contributed by atoms with Crippen LogP contribution in [-0.4, -0.2) is 24.0 Å². The monoisotopic (exact) mass is 401 g/mol. The lowest BCUT2D eigenvalue weighted by Gasteiger charge is -2.34. The summed E-state index contributed by atoms with van der Waals surface area (Å²) in [4.78, 5) is 25.3. The predicted molar refractivity (Wildman–Crippen MR) is 116 cm³/mol. The smallest absolute Gasteiger partial charge is 0.309 e. The second kappa shape index (κ2) is 11.6. The van der Waals surface area contributed by atoms with Gasteiger partial charge in [0.15, 0.2) is 0 Å². The molecule has 0 aromatic heterocycles. The van der Waals surface area contributed by atoms with Crippen molar-refractivity contribution in [2.45, 2.75) is 109 Å². The minimum atomic E-state index is -0.0477. The van der Waals surface area contributed by atoms with Gasteiger partial charge in [-0.3, -0.25) is 9.59 Å². The minimum absolute atomic E-state index is 0.00263. The van der Waals surface area contributed by atoms with E-state index in [4.69, 9.17) is 4.74 Å². The standard InChI is InChI=1S/C25H39NO3/c1-2-3-6-15-21-18-22(29-25(28)20-13-9-5-10-14-20)16-17-23(21)26-24(27)19-11-7-4-8-12-19/h3,6,15,19-20,22-23H,2,4-5,7-14,16-18H2,1H3,(H,26,27). The zero-order valence-corrected chi connectivity index (χ0v) is 18.2. The molecule has 0 bridgehead atoms. The summed E-state index contributed by atoms with van der Waals surface area (Å²) in [7, 11) is 0. The van der Waals surface area contributed by atoms with E-state index in [-0.39, 0.29) is 35.9 Å². The van der Waals surface area contributed by atoms with Crippen LogP contribution in [-0.2, 0) is 14.3 Å². The van der Waals surface area contributed by atoms with Crippen LogP contribution in [0.5, 0.6) is 0 Å². The highest BCUT2D eigenvalue weighted by molar-refractivity contribution is 5.79. The molecule has 4 heteroatoms. The Hall–Kier alpha value is -1.58. The van der Waals surface area contributed by atoms with E-state index in [1.54, 1.807) is 0 Å². The van der Waals surface area contributed by atoms with E-state index >= 15 is 0 Å². The second-order valence-corrected chi connectivity index (χ2v) is 9.15. The van der Waals surface area contributed by atoms with Crippen LogP contribution in [0, 0.1) is 11.8 Å². The summed E-state index contributed by atoms with van der Waals surface area (Å²) in [5.41, 5.74) is 1.20. The summed E-state index contributed by atoms with van der Waals surface area (Å²) in [5, 5.41) is 3.32. The lowest BCUT2D eigenvalue weighted by Crippen LogP contribution is -2.44. The molecule has 3 rings (SSSR count). The minimum Gasteiger partial charge on any atom is -0.462 e. The van der Waals surface area contributed by atoms with Crippen molar-refractivity contribution in [1.29, 1.82) is 0 Å². The first kappa shape index (κ1) is 22.1. The molecular formula is C25H39NO3. The Labute approximate surface area is 176 Å². The molecule has 3 aliphatic rings. The SMILES string of the molecule is CCC=CC=C1CC(OC(=O)C2CCCCC2)CCC1NC(=O)C1CCCCC1. The molecule has 29 heavy (non-hydrogen) atoms. The van der Waals surface area contributed by atoms with Crippen molar-refractivity contribution in [2.75, 3.05) is 0 Å². The lowest BCUT2D eigenvalue weighted by atomic mass is 9.85. The van der Waals surface area contributed by atoms with Gasteiger partial charge in [0.2, 0.25) is 5.91 Å². The molecule has 0 saturated heterocycles. The Morgan fingerprint density at radius 3 is 2.24 bits per heavy atom. The van der Waals surface area contributed by atoms with Gasteiger partial charge in [0, 0.05) is 12.3 Å². The van der Waals surface area contributed by atoms with E-state index in [2.05, 4.69) is 30.5 Å². The zero-order chi connectivity index (χ0) is 20.5. The van der Waals surface area contributed by atoms with Gasteiger partial charge in [-0.15, -0.1) is 0 Å². The first-order chi connectivity index (χ1) is 14.2. The van der Waals surface area contributed by atoms with Gasteiger partial charge in [-0.1, -0.05) is 63.7 Å². The number of carbonyl (C=O) groups excluding carboxylic acids is 2. The van der Waals surface area contributed by atoms with Crippen molar-refractivity contribution in [3.8, 4) is 0 Å². The number of ether oxygens (including phenoxy) is 1. The highest BCUT2D eigenvalue weighted by Gasteiger charge is 2.32. The maximum absolute atomic E-state index is 12.8. The lowest BCUT2D eigenvalue weighted by molar-refractivity contribution is -0.156. The van der Waals surface area contributed by atoms with Crippen molar-refractivity contribution in [2.24, 2.45) is 11.8 Å². The molecule has 162 valence electrons. The van der Waals surface area contributed by atoms with Crippen LogP contribution in [0.1, 0.15) is 96.8 Å². The molecule has 0 aromatic carbocycles. The van der Waals surface area contributed by atoms with Gasteiger partial charge < -0.3 is 10.1 Å². The molecule has 0 spiro atoms. The average molecular weight is 402 g/mol. The van der Waals surface area contributed by atoms with Crippen molar-refractivity contribution in [3.05, 3.63) is 23.8 Å². The molecular weight excluding hydrogens is 362 g/mol. The molecule has 3 saturated carbocycles. The van der Waals surface area contributed by atoms with Crippen molar-refractivity contribution in [1.82, 2.24) is 5.32 Å². The normalized spacial score (nSPS) is 28.5. The topological polar surface area (TPSA) is 55.4 Å². The predicted octanol–water partition coefficient (Wildman–Crippen LogP) is 5.62. The van der Waals surface area contributed by atoms with Crippen LogP contribution >= 0.6 is 0 Å². The second-order valence-electron chi connectivity index (χ2n) is 9.15. The highest BCUT2D eigenvalue weighted by Crippen LogP contribution is 2.31. The van der Waals surface area contributed by atoms with Crippen LogP contribution in [0.3, 0.4) is 0 Å². The molecule has 2 atom stereocenters. The van der Waals surface area contributed by atoms with Crippen molar-refractivity contribution in [3.63, 3.8) is 0 Å². The molecule has 3 fully saturated rings. The summed E-state index contributed by atoms with van der Waals surface area (Å²) in [6.45, 7) is 2.12. The van der Waals surface area contributed by atoms with Crippen LogP contribution in [0.25, 0.3) is 0 Å². The van der Waals surface area contributed by atoms with Crippen LogP contribution in [0.15, 0.2) is 23.8 Å². The third-order valence-electron chi connectivity index (χ3n) is 6.88. The van der Waals surface area contributed by atoms with E-state index in [9.17, 15) is 9.59 Å². The van der Waals surface area contributed by atoms with Gasteiger partial charge in [-0.05, 0) is 50.5 Å². The fourth-order valence-corrected chi connectivity index (χ4v) is 5.08. The number of allylic oxidation sites excluding steroid dienone is 3. The maximum Gasteiger partial charge on any atom is 0.309 e. The molecule has 0 heterocycles. The first-order valence-electron chi connectivity index (χ1n) is 12.0. The zero-order valence-electron chi connectivity index (χ0n) is 18.2. The quantitative estimate of drug-likeness (QED) is 0.588. The number of amides is 1. The fraction of sp³-hybridized carbons (Fsp3) is 0.760. The van der Waals surface area contributed by atoms with Gasteiger partial charge >= 0.3 is 5.97 Å². The molecule has 2 unspecified atom stereocenters. The first-order valence-corrected chi connectivity index (χ1v) is 12.0. The van der Waals surface area contributed by atoms with E-state index < -0.39 is 0 Å². The Balaban J connectivity index is 1.58. The van der Waals surface area contributed by atoms with Gasteiger partial charge in [-0.2, -0.15) is 0 Å². The highest BCUT2D eigenvalue weighted by atomic mass is 16.5. The van der Waals surface area contributed by atoms with Crippen LogP contribution in [0.2, 0.25) is 0 Å². The van der Waals surface area contributed by atoms with Gasteiger partial charge in [0.05, 0.1) is 12.0 Å². The van der Waals surface area contributed by atoms with Crippen LogP contribution in [0.4, 0.5) is 0 Å². The Kier molecular flexibility index (Phi) is 8.82. The third-order valence-corrected chi connectivity index (χ3v) is 6.88. The van der Waals surface area contributed by atoms with Gasteiger partial charge in [-0.25, -0.2) is 0 Å². The Morgan fingerprint density at radius 1 is 0.931 bits per heavy atom. The summed E-state index contributed by atoms with van der Waals surface area (Å²) >= 11 is 0. The van der Waals surface area contributed by atoms with Crippen LogP contribution < -0.4 is 5.32 Å². The summed E-state index contributed by atoms with van der Waals surface area (Å²) < 4.78 is 5.92. The summed E-state index contributed by atoms with van der Waals surface area (Å²) in [6.07, 6.45) is 20.9. The Morgan fingerprint density at radius 2 is 1.59 bits per heavy atom. The molecule has 4 nitrogen and oxygen atoms in total. The van der Waals surface area contributed by atoms with Crippen molar-refractivity contribution >= 4 is 11.9 Å². The Bertz CT molecular complexity index is 597. The molecule has 0 aliphatic heterocycles. The number of rotatable bonds is 6. The molecule has 0 aromatic rings. The number of nitrogens with one attached hydrogen (secondary N) is 1. The number of hydrogen-bond donors (Lipinski definition) is 1. The maximum atomic E-state index is 12.8. The van der Waals surface area contributed by atoms with Crippen molar-refractivity contribution < 1.29 is 14.3 Å².